The number of amides is 1. The highest BCUT2D eigenvalue weighted by Crippen LogP contribution is 2.29. The lowest BCUT2D eigenvalue weighted by molar-refractivity contribution is -0.137. The SMILES string of the molecule is Cc1ccc2[nH]cc(CCNC(=O)c3ccc(C(F)(F)F)cc3)c2c1. The van der Waals surface area contributed by atoms with Crippen LogP contribution in [-0.2, 0) is 12.6 Å². The average Bonchev–Trinajstić information content (AvgIpc) is 2.96. The summed E-state index contributed by atoms with van der Waals surface area (Å²) in [5.41, 5.74) is 2.73. The first-order valence-electron chi connectivity index (χ1n) is 7.86. The van der Waals surface area contributed by atoms with Crippen molar-refractivity contribution in [1.82, 2.24) is 10.3 Å². The molecular formula is C19H17F3N2O. The van der Waals surface area contributed by atoms with Crippen LogP contribution in [0.3, 0.4) is 0 Å². The molecule has 6 heteroatoms. The van der Waals surface area contributed by atoms with Crippen molar-refractivity contribution in [2.24, 2.45) is 0 Å². The Bertz CT molecular complexity index is 895. The first-order chi connectivity index (χ1) is 11.8. The Labute approximate surface area is 142 Å². The van der Waals surface area contributed by atoms with Crippen LogP contribution in [0.5, 0.6) is 0 Å². The summed E-state index contributed by atoms with van der Waals surface area (Å²) in [6.45, 7) is 2.42. The number of hydrogen-bond donors (Lipinski definition) is 2. The Morgan fingerprint density at radius 2 is 1.84 bits per heavy atom. The highest BCUT2D eigenvalue weighted by molar-refractivity contribution is 5.94. The van der Waals surface area contributed by atoms with E-state index in [0.29, 0.717) is 13.0 Å². The Morgan fingerprint density at radius 1 is 1.12 bits per heavy atom. The molecule has 0 aliphatic heterocycles. The van der Waals surface area contributed by atoms with Crippen LogP contribution in [0, 0.1) is 6.92 Å². The number of aromatic nitrogens is 1. The Balaban J connectivity index is 1.61. The molecule has 1 aromatic heterocycles. The number of carbonyl (C=O) groups excluding carboxylic acids is 1. The van der Waals surface area contributed by atoms with Crippen LogP contribution in [0.1, 0.15) is 27.0 Å². The van der Waals surface area contributed by atoms with Gasteiger partial charge in [-0.15, -0.1) is 0 Å². The van der Waals surface area contributed by atoms with E-state index >= 15 is 0 Å². The smallest absolute Gasteiger partial charge is 0.361 e. The minimum Gasteiger partial charge on any atom is -0.361 e. The van der Waals surface area contributed by atoms with Crippen LogP contribution >= 0.6 is 0 Å². The highest BCUT2D eigenvalue weighted by atomic mass is 19.4. The molecule has 0 fully saturated rings. The molecule has 3 aromatic rings. The van der Waals surface area contributed by atoms with Crippen LogP contribution in [0.2, 0.25) is 0 Å². The lowest BCUT2D eigenvalue weighted by Gasteiger charge is -2.08. The number of aryl methyl sites for hydroxylation is 1. The Kier molecular flexibility index (Phi) is 4.53. The summed E-state index contributed by atoms with van der Waals surface area (Å²) in [5, 5.41) is 3.86. The first-order valence-corrected chi connectivity index (χ1v) is 7.86. The monoisotopic (exact) mass is 346 g/mol. The van der Waals surface area contributed by atoms with E-state index in [4.69, 9.17) is 0 Å². The lowest BCUT2D eigenvalue weighted by atomic mass is 10.1. The van der Waals surface area contributed by atoms with Gasteiger partial charge in [0.1, 0.15) is 0 Å². The van der Waals surface area contributed by atoms with Crippen molar-refractivity contribution in [3.8, 4) is 0 Å². The van der Waals surface area contributed by atoms with Gasteiger partial charge >= 0.3 is 6.18 Å². The molecule has 0 saturated heterocycles. The van der Waals surface area contributed by atoms with E-state index < -0.39 is 11.7 Å². The van der Waals surface area contributed by atoms with Gasteiger partial charge in [-0.1, -0.05) is 11.6 Å². The molecule has 0 aliphatic carbocycles. The van der Waals surface area contributed by atoms with Crippen molar-refractivity contribution in [3.05, 3.63) is 70.9 Å². The molecule has 3 rings (SSSR count). The number of fused-ring (bicyclic) bond motifs is 1. The molecular weight excluding hydrogens is 329 g/mol. The van der Waals surface area contributed by atoms with E-state index in [9.17, 15) is 18.0 Å². The number of hydrogen-bond acceptors (Lipinski definition) is 1. The second-order valence-corrected chi connectivity index (χ2v) is 5.94. The van der Waals surface area contributed by atoms with E-state index in [1.54, 1.807) is 0 Å². The standard InChI is InChI=1S/C19H17F3N2O/c1-12-2-7-17-16(10-12)14(11-24-17)8-9-23-18(25)13-3-5-15(6-4-13)19(20,21)22/h2-7,10-11,24H,8-9H2,1H3,(H,23,25). The largest absolute Gasteiger partial charge is 0.416 e. The molecule has 130 valence electrons. The zero-order chi connectivity index (χ0) is 18.0. The van der Waals surface area contributed by atoms with E-state index in [1.165, 1.54) is 12.1 Å². The topological polar surface area (TPSA) is 44.9 Å². The van der Waals surface area contributed by atoms with E-state index in [1.807, 2.05) is 25.3 Å². The Morgan fingerprint density at radius 3 is 2.52 bits per heavy atom. The molecule has 1 amide bonds. The highest BCUT2D eigenvalue weighted by Gasteiger charge is 2.30. The van der Waals surface area contributed by atoms with Gasteiger partial charge in [0.25, 0.3) is 5.91 Å². The van der Waals surface area contributed by atoms with Crippen LogP contribution in [0.4, 0.5) is 13.2 Å². The van der Waals surface area contributed by atoms with Crippen molar-refractivity contribution in [3.63, 3.8) is 0 Å². The quantitative estimate of drug-likeness (QED) is 0.719. The van der Waals surface area contributed by atoms with Gasteiger partial charge in [0.15, 0.2) is 0 Å². The number of rotatable bonds is 4. The van der Waals surface area contributed by atoms with Gasteiger partial charge in [-0.25, -0.2) is 0 Å². The molecule has 25 heavy (non-hydrogen) atoms. The number of halogens is 3. The molecule has 0 atom stereocenters. The zero-order valence-electron chi connectivity index (χ0n) is 13.6. The van der Waals surface area contributed by atoms with Crippen molar-refractivity contribution >= 4 is 16.8 Å². The molecule has 0 bridgehead atoms. The minimum absolute atomic E-state index is 0.211. The van der Waals surface area contributed by atoms with Crippen LogP contribution in [0.25, 0.3) is 10.9 Å². The second kappa shape index (κ2) is 6.63. The molecule has 1 heterocycles. The third-order valence-electron chi connectivity index (χ3n) is 4.08. The van der Waals surface area contributed by atoms with Crippen molar-refractivity contribution in [1.29, 1.82) is 0 Å². The summed E-state index contributed by atoms with van der Waals surface area (Å²) in [4.78, 5) is 15.2. The Hall–Kier alpha value is -2.76. The van der Waals surface area contributed by atoms with E-state index in [2.05, 4.69) is 16.4 Å². The predicted molar refractivity (Wildman–Crippen MR) is 90.5 cm³/mol. The van der Waals surface area contributed by atoms with Gasteiger partial charge in [-0.05, 0) is 55.3 Å². The van der Waals surface area contributed by atoms with Gasteiger partial charge in [-0.3, -0.25) is 4.79 Å². The number of aromatic amines is 1. The normalized spacial score (nSPS) is 11.7. The number of benzene rings is 2. The van der Waals surface area contributed by atoms with E-state index in [0.717, 1.165) is 34.2 Å². The summed E-state index contributed by atoms with van der Waals surface area (Å²) < 4.78 is 37.6. The number of carbonyl (C=O) groups is 1. The number of H-pyrrole nitrogens is 1. The predicted octanol–water partition coefficient (Wildman–Crippen LogP) is 4.47. The summed E-state index contributed by atoms with van der Waals surface area (Å²) in [6, 6.07) is 10.3. The summed E-state index contributed by atoms with van der Waals surface area (Å²) in [5.74, 6) is -0.384. The maximum absolute atomic E-state index is 12.5. The molecule has 0 aliphatic rings. The molecule has 3 nitrogen and oxygen atoms in total. The van der Waals surface area contributed by atoms with Crippen LogP contribution < -0.4 is 5.32 Å². The minimum atomic E-state index is -4.40. The first kappa shape index (κ1) is 17.1. The fraction of sp³-hybridized carbons (Fsp3) is 0.211. The maximum atomic E-state index is 12.5. The van der Waals surface area contributed by atoms with Gasteiger partial charge in [0.2, 0.25) is 0 Å². The second-order valence-electron chi connectivity index (χ2n) is 5.94. The van der Waals surface area contributed by atoms with Crippen molar-refractivity contribution < 1.29 is 18.0 Å². The fourth-order valence-corrected chi connectivity index (χ4v) is 2.72. The number of alkyl halides is 3. The molecule has 2 N–H and O–H groups in total. The molecule has 0 radical (unpaired) electrons. The third kappa shape index (κ3) is 3.84. The molecule has 0 spiro atoms. The average molecular weight is 346 g/mol. The van der Waals surface area contributed by atoms with Crippen LogP contribution in [0.15, 0.2) is 48.7 Å². The number of nitrogens with one attached hydrogen (secondary N) is 2. The maximum Gasteiger partial charge on any atom is 0.416 e. The molecule has 2 aromatic carbocycles. The fourth-order valence-electron chi connectivity index (χ4n) is 2.72. The van der Waals surface area contributed by atoms with Crippen molar-refractivity contribution in [2.75, 3.05) is 6.54 Å². The summed E-state index contributed by atoms with van der Waals surface area (Å²) >= 11 is 0. The summed E-state index contributed by atoms with van der Waals surface area (Å²) in [7, 11) is 0. The van der Waals surface area contributed by atoms with Gasteiger partial charge in [-0.2, -0.15) is 13.2 Å². The van der Waals surface area contributed by atoms with E-state index in [-0.39, 0.29) is 11.5 Å². The summed E-state index contributed by atoms with van der Waals surface area (Å²) in [6.07, 6.45) is -1.85. The molecule has 0 unspecified atom stereocenters. The lowest BCUT2D eigenvalue weighted by Crippen LogP contribution is -2.25. The van der Waals surface area contributed by atoms with Gasteiger partial charge in [0.05, 0.1) is 5.56 Å². The zero-order valence-corrected chi connectivity index (χ0v) is 13.6. The molecule has 0 saturated carbocycles. The third-order valence-corrected chi connectivity index (χ3v) is 4.08. The van der Waals surface area contributed by atoms with Crippen molar-refractivity contribution in [2.45, 2.75) is 19.5 Å². The van der Waals surface area contributed by atoms with Gasteiger partial charge in [0, 0.05) is 29.2 Å². The van der Waals surface area contributed by atoms with Crippen LogP contribution in [-0.4, -0.2) is 17.4 Å². The van der Waals surface area contributed by atoms with Gasteiger partial charge < -0.3 is 10.3 Å².